The molecule has 1 heterocycles. The highest BCUT2D eigenvalue weighted by atomic mass is 35.5. The molecule has 120 valence electrons. The van der Waals surface area contributed by atoms with E-state index in [1.54, 1.807) is 24.3 Å². The molecule has 3 aromatic rings. The maximum absolute atomic E-state index is 12.3. The Balaban J connectivity index is 2.18. The highest BCUT2D eigenvalue weighted by Gasteiger charge is 2.19. The number of aromatic nitrogens is 2. The molecule has 0 spiro atoms. The predicted molar refractivity (Wildman–Crippen MR) is 95.0 cm³/mol. The Bertz CT molecular complexity index is 952. The van der Waals surface area contributed by atoms with Crippen LogP contribution in [0.1, 0.15) is 17.3 Å². The number of nitrogens with zero attached hydrogens (tertiary/aromatic N) is 1. The molecule has 0 unspecified atom stereocenters. The first-order valence-corrected chi connectivity index (χ1v) is 7.65. The molecule has 2 N–H and O–H groups in total. The molecule has 0 amide bonds. The van der Waals surface area contributed by atoms with E-state index in [9.17, 15) is 9.59 Å². The summed E-state index contributed by atoms with van der Waals surface area (Å²) in [5.74, 6) is -0.253. The van der Waals surface area contributed by atoms with E-state index in [1.807, 2.05) is 30.3 Å². The summed E-state index contributed by atoms with van der Waals surface area (Å²) in [5.41, 5.74) is 1.70. The second-order valence-corrected chi connectivity index (χ2v) is 5.65. The van der Waals surface area contributed by atoms with E-state index in [2.05, 4.69) is 15.5 Å². The Hall–Kier alpha value is -2.92. The lowest BCUT2D eigenvalue weighted by Gasteiger charge is -2.13. The van der Waals surface area contributed by atoms with Gasteiger partial charge in [0.25, 0.3) is 5.56 Å². The van der Waals surface area contributed by atoms with Crippen LogP contribution in [0.25, 0.3) is 11.3 Å². The normalized spacial score (nSPS) is 10.4. The van der Waals surface area contributed by atoms with Crippen LogP contribution in [-0.2, 0) is 0 Å². The quantitative estimate of drug-likeness (QED) is 0.703. The number of rotatable bonds is 4. The van der Waals surface area contributed by atoms with Crippen LogP contribution in [-0.4, -0.2) is 16.0 Å². The summed E-state index contributed by atoms with van der Waals surface area (Å²) in [5, 5.41) is 10.0. The molecular weight excluding hydrogens is 326 g/mol. The van der Waals surface area contributed by atoms with E-state index in [1.165, 1.54) is 6.92 Å². The Morgan fingerprint density at radius 3 is 2.54 bits per heavy atom. The Kier molecular flexibility index (Phi) is 4.44. The highest BCUT2D eigenvalue weighted by molar-refractivity contribution is 6.30. The van der Waals surface area contributed by atoms with E-state index >= 15 is 0 Å². The summed E-state index contributed by atoms with van der Waals surface area (Å²) in [4.78, 5) is 24.5. The third-order valence-electron chi connectivity index (χ3n) is 3.48. The van der Waals surface area contributed by atoms with Gasteiger partial charge in [0.05, 0.1) is 5.56 Å². The van der Waals surface area contributed by atoms with Gasteiger partial charge in [-0.25, -0.2) is 5.10 Å². The van der Waals surface area contributed by atoms with Crippen LogP contribution in [0.5, 0.6) is 0 Å². The molecule has 0 aliphatic rings. The first kappa shape index (κ1) is 16.0. The maximum Gasteiger partial charge on any atom is 0.288 e. The number of halogens is 1. The molecule has 0 atom stereocenters. The zero-order valence-electron chi connectivity index (χ0n) is 12.8. The minimum Gasteiger partial charge on any atom is -0.350 e. The van der Waals surface area contributed by atoms with Crippen molar-refractivity contribution >= 4 is 28.8 Å². The highest BCUT2D eigenvalue weighted by Crippen LogP contribution is 2.27. The van der Waals surface area contributed by atoms with Crippen LogP contribution in [0.3, 0.4) is 0 Å². The largest absolute Gasteiger partial charge is 0.350 e. The van der Waals surface area contributed by atoms with Crippen molar-refractivity contribution < 1.29 is 4.79 Å². The third-order valence-corrected chi connectivity index (χ3v) is 3.71. The van der Waals surface area contributed by atoms with Gasteiger partial charge in [-0.15, -0.1) is 0 Å². The van der Waals surface area contributed by atoms with Gasteiger partial charge in [0.2, 0.25) is 0 Å². The minimum absolute atomic E-state index is 0.151. The van der Waals surface area contributed by atoms with Crippen LogP contribution >= 0.6 is 11.6 Å². The monoisotopic (exact) mass is 339 g/mol. The smallest absolute Gasteiger partial charge is 0.288 e. The maximum atomic E-state index is 12.3. The lowest BCUT2D eigenvalue weighted by Crippen LogP contribution is -2.19. The fraction of sp³-hybridized carbons (Fsp3) is 0.0556. The molecule has 3 rings (SSSR count). The molecule has 0 radical (unpaired) electrons. The number of benzene rings is 2. The lowest BCUT2D eigenvalue weighted by molar-refractivity contribution is 0.101. The summed E-state index contributed by atoms with van der Waals surface area (Å²) in [6.45, 7) is 1.41. The van der Waals surface area contributed by atoms with Crippen molar-refractivity contribution in [1.82, 2.24) is 10.2 Å². The average molecular weight is 340 g/mol. The number of Topliss-reactive ketones (excluding diaryl/α,β-unsaturated/α-hetero) is 1. The molecule has 6 heteroatoms. The van der Waals surface area contributed by atoms with Gasteiger partial charge < -0.3 is 5.32 Å². The first-order chi connectivity index (χ1) is 11.6. The van der Waals surface area contributed by atoms with Crippen molar-refractivity contribution in [1.29, 1.82) is 0 Å². The zero-order chi connectivity index (χ0) is 17.1. The molecule has 0 fully saturated rings. The van der Waals surface area contributed by atoms with Crippen molar-refractivity contribution in [2.24, 2.45) is 0 Å². The summed E-state index contributed by atoms with van der Waals surface area (Å²) >= 11 is 5.98. The number of carbonyl (C=O) groups is 1. The van der Waals surface area contributed by atoms with Crippen LogP contribution in [0, 0.1) is 0 Å². The van der Waals surface area contributed by atoms with Gasteiger partial charge in [-0.05, 0) is 25.1 Å². The predicted octanol–water partition coefficient (Wildman–Crippen LogP) is 4.04. The summed E-state index contributed by atoms with van der Waals surface area (Å²) in [6.07, 6.45) is 0. The van der Waals surface area contributed by atoms with Crippen molar-refractivity contribution in [2.45, 2.75) is 6.92 Å². The average Bonchev–Trinajstić information content (AvgIpc) is 2.57. The zero-order valence-corrected chi connectivity index (χ0v) is 13.6. The molecule has 1 aromatic heterocycles. The van der Waals surface area contributed by atoms with Crippen molar-refractivity contribution in [2.75, 3.05) is 5.32 Å². The number of H-pyrrole nitrogens is 1. The number of nitrogens with one attached hydrogen (secondary N) is 2. The SMILES string of the molecule is CC(=O)c1c(-c2ccccc2)n[nH]c(=O)c1Nc1cccc(Cl)c1. The van der Waals surface area contributed by atoms with E-state index in [-0.39, 0.29) is 17.0 Å². The topological polar surface area (TPSA) is 74.8 Å². The van der Waals surface area contributed by atoms with Crippen LogP contribution in [0.4, 0.5) is 11.4 Å². The summed E-state index contributed by atoms with van der Waals surface area (Å²) in [7, 11) is 0. The Labute approximate surface area is 143 Å². The lowest BCUT2D eigenvalue weighted by atomic mass is 10.0. The number of hydrogen-bond donors (Lipinski definition) is 2. The van der Waals surface area contributed by atoms with E-state index in [4.69, 9.17) is 11.6 Å². The van der Waals surface area contributed by atoms with Gasteiger partial charge in [0.1, 0.15) is 11.4 Å². The van der Waals surface area contributed by atoms with Gasteiger partial charge >= 0.3 is 0 Å². The molecule has 24 heavy (non-hydrogen) atoms. The van der Waals surface area contributed by atoms with Crippen molar-refractivity contribution in [3.8, 4) is 11.3 Å². The number of ketones is 1. The van der Waals surface area contributed by atoms with Gasteiger partial charge in [-0.3, -0.25) is 9.59 Å². The number of carbonyl (C=O) groups excluding carboxylic acids is 1. The fourth-order valence-electron chi connectivity index (χ4n) is 2.43. The molecule has 2 aromatic carbocycles. The summed E-state index contributed by atoms with van der Waals surface area (Å²) < 4.78 is 0. The molecule has 0 saturated carbocycles. The van der Waals surface area contributed by atoms with Gasteiger partial charge in [-0.2, -0.15) is 5.10 Å². The van der Waals surface area contributed by atoms with Crippen molar-refractivity contribution in [3.05, 3.63) is 75.5 Å². The Morgan fingerprint density at radius 1 is 1.12 bits per heavy atom. The standard InChI is InChI=1S/C18H14ClN3O2/c1-11(23)15-16(12-6-3-2-4-7-12)21-22-18(24)17(15)20-14-9-5-8-13(19)10-14/h2-10H,1H3,(H,20,21)(H,22,24). The molecular formula is C18H14ClN3O2. The minimum atomic E-state index is -0.472. The van der Waals surface area contributed by atoms with Crippen molar-refractivity contribution in [3.63, 3.8) is 0 Å². The first-order valence-electron chi connectivity index (χ1n) is 7.28. The van der Waals surface area contributed by atoms with Crippen LogP contribution in [0.15, 0.2) is 59.4 Å². The number of anilines is 2. The second kappa shape index (κ2) is 6.68. The Morgan fingerprint density at radius 2 is 1.88 bits per heavy atom. The number of hydrogen-bond acceptors (Lipinski definition) is 4. The van der Waals surface area contributed by atoms with Gasteiger partial charge in [0, 0.05) is 16.3 Å². The number of aromatic amines is 1. The van der Waals surface area contributed by atoms with E-state index in [0.29, 0.717) is 16.4 Å². The molecule has 0 aliphatic carbocycles. The summed E-state index contributed by atoms with van der Waals surface area (Å²) in [6, 6.07) is 16.1. The van der Waals surface area contributed by atoms with Crippen LogP contribution < -0.4 is 10.9 Å². The third kappa shape index (κ3) is 3.21. The van der Waals surface area contributed by atoms with E-state index < -0.39 is 5.56 Å². The molecule has 0 bridgehead atoms. The second-order valence-electron chi connectivity index (χ2n) is 5.21. The molecule has 5 nitrogen and oxygen atoms in total. The van der Waals surface area contributed by atoms with Crippen LogP contribution in [0.2, 0.25) is 5.02 Å². The van der Waals surface area contributed by atoms with Gasteiger partial charge in [-0.1, -0.05) is 48.0 Å². The van der Waals surface area contributed by atoms with Gasteiger partial charge in [0.15, 0.2) is 5.78 Å². The molecule has 0 aliphatic heterocycles. The fourth-order valence-corrected chi connectivity index (χ4v) is 2.62. The van der Waals surface area contributed by atoms with E-state index in [0.717, 1.165) is 5.56 Å². The molecule has 0 saturated heterocycles.